The molecule has 2 aromatic rings. The number of hydrogen-bond acceptors (Lipinski definition) is 3. The van der Waals surface area contributed by atoms with Crippen molar-refractivity contribution in [3.05, 3.63) is 36.0 Å². The molecule has 0 aliphatic heterocycles. The lowest BCUT2D eigenvalue weighted by atomic mass is 10.1. The van der Waals surface area contributed by atoms with E-state index in [1.165, 1.54) is 10.9 Å². The second-order valence-electron chi connectivity index (χ2n) is 5.88. The first kappa shape index (κ1) is 15.8. The second-order valence-corrected chi connectivity index (χ2v) is 5.88. The van der Waals surface area contributed by atoms with E-state index in [0.29, 0.717) is 5.92 Å². The van der Waals surface area contributed by atoms with Crippen molar-refractivity contribution in [3.63, 3.8) is 0 Å². The molecule has 2 rings (SSSR count). The van der Waals surface area contributed by atoms with Gasteiger partial charge in [0.1, 0.15) is 0 Å². The molecule has 1 aromatic carbocycles. The van der Waals surface area contributed by atoms with Gasteiger partial charge in [0.05, 0.1) is 6.10 Å². The molecule has 0 fully saturated rings. The normalized spacial score (nSPS) is 12.8. The Bertz CT molecular complexity index is 580. The van der Waals surface area contributed by atoms with Crippen LogP contribution in [0, 0.1) is 5.92 Å². The number of fused-ring (bicyclic) bond motifs is 1. The highest BCUT2D eigenvalue weighted by atomic mass is 16.5. The Morgan fingerprint density at radius 2 is 1.86 bits per heavy atom. The van der Waals surface area contributed by atoms with E-state index in [1.807, 2.05) is 12.3 Å². The maximum Gasteiger partial charge on any atom is 0.221 e. The van der Waals surface area contributed by atoms with Gasteiger partial charge in [0.25, 0.3) is 0 Å². The standard InChI is InChI=1S/C18H26N2O/c1-5-10-19-11-15-12-20-18(21-14(4)13(2)3)17-9-7-6-8-16(15)17/h6-9,12-14,19H,5,10-11H2,1-4H3. The molecule has 0 saturated carbocycles. The van der Waals surface area contributed by atoms with Gasteiger partial charge in [-0.25, -0.2) is 4.98 Å². The fourth-order valence-corrected chi connectivity index (χ4v) is 2.17. The summed E-state index contributed by atoms with van der Waals surface area (Å²) in [5.74, 6) is 1.21. The number of aromatic nitrogens is 1. The van der Waals surface area contributed by atoms with Gasteiger partial charge < -0.3 is 10.1 Å². The van der Waals surface area contributed by atoms with Crippen molar-refractivity contribution in [1.29, 1.82) is 0 Å². The maximum atomic E-state index is 6.04. The third kappa shape index (κ3) is 3.94. The minimum Gasteiger partial charge on any atom is -0.474 e. The number of rotatable bonds is 7. The van der Waals surface area contributed by atoms with Crippen LogP contribution in [-0.4, -0.2) is 17.6 Å². The van der Waals surface area contributed by atoms with E-state index in [9.17, 15) is 0 Å². The van der Waals surface area contributed by atoms with E-state index in [4.69, 9.17) is 4.74 Å². The van der Waals surface area contributed by atoms with Crippen molar-refractivity contribution in [1.82, 2.24) is 10.3 Å². The molecule has 0 bridgehead atoms. The first-order valence-electron chi connectivity index (χ1n) is 7.87. The Kier molecular flexibility index (Phi) is 5.57. The van der Waals surface area contributed by atoms with Gasteiger partial charge in [0, 0.05) is 18.1 Å². The van der Waals surface area contributed by atoms with Gasteiger partial charge in [-0.1, -0.05) is 39.0 Å². The molecule has 0 spiro atoms. The number of hydrogen-bond donors (Lipinski definition) is 1. The third-order valence-electron chi connectivity index (χ3n) is 3.82. The van der Waals surface area contributed by atoms with Crippen LogP contribution in [0.15, 0.2) is 30.5 Å². The smallest absolute Gasteiger partial charge is 0.221 e. The summed E-state index contributed by atoms with van der Waals surface area (Å²) in [6.45, 7) is 10.5. The number of pyridine rings is 1. The lowest BCUT2D eigenvalue weighted by Crippen LogP contribution is -2.19. The molecule has 1 aromatic heterocycles. The highest BCUT2D eigenvalue weighted by Crippen LogP contribution is 2.27. The molecule has 21 heavy (non-hydrogen) atoms. The summed E-state index contributed by atoms with van der Waals surface area (Å²) >= 11 is 0. The molecule has 1 heterocycles. The quantitative estimate of drug-likeness (QED) is 0.776. The van der Waals surface area contributed by atoms with Gasteiger partial charge in [0.15, 0.2) is 0 Å². The molecular formula is C18H26N2O. The lowest BCUT2D eigenvalue weighted by molar-refractivity contribution is 0.166. The number of benzene rings is 1. The second kappa shape index (κ2) is 7.41. The number of ether oxygens (including phenoxy) is 1. The minimum atomic E-state index is 0.157. The zero-order valence-corrected chi connectivity index (χ0v) is 13.5. The first-order valence-corrected chi connectivity index (χ1v) is 7.87. The number of nitrogens with zero attached hydrogens (tertiary/aromatic N) is 1. The van der Waals surface area contributed by atoms with Crippen molar-refractivity contribution in [2.75, 3.05) is 6.54 Å². The summed E-state index contributed by atoms with van der Waals surface area (Å²) in [7, 11) is 0. The predicted molar refractivity (Wildman–Crippen MR) is 88.7 cm³/mol. The molecule has 1 unspecified atom stereocenters. The van der Waals surface area contributed by atoms with Crippen molar-refractivity contribution in [2.24, 2.45) is 5.92 Å². The van der Waals surface area contributed by atoms with Gasteiger partial charge in [-0.15, -0.1) is 0 Å². The van der Waals surface area contributed by atoms with Crippen LogP contribution in [-0.2, 0) is 6.54 Å². The summed E-state index contributed by atoms with van der Waals surface area (Å²) < 4.78 is 6.04. The van der Waals surface area contributed by atoms with Crippen LogP contribution in [0.3, 0.4) is 0 Å². The Morgan fingerprint density at radius 3 is 2.52 bits per heavy atom. The van der Waals surface area contributed by atoms with Crippen molar-refractivity contribution < 1.29 is 4.74 Å². The molecule has 0 radical (unpaired) electrons. The predicted octanol–water partition coefficient (Wildman–Crippen LogP) is 4.16. The summed E-state index contributed by atoms with van der Waals surface area (Å²) in [6.07, 6.45) is 3.23. The van der Waals surface area contributed by atoms with E-state index in [-0.39, 0.29) is 6.10 Å². The van der Waals surface area contributed by atoms with Crippen LogP contribution in [0.25, 0.3) is 10.8 Å². The molecule has 0 aliphatic carbocycles. The van der Waals surface area contributed by atoms with Gasteiger partial charge in [-0.3, -0.25) is 0 Å². The van der Waals surface area contributed by atoms with Crippen LogP contribution in [0.1, 0.15) is 39.7 Å². The van der Waals surface area contributed by atoms with Gasteiger partial charge in [-0.05, 0) is 42.8 Å². The molecule has 114 valence electrons. The Morgan fingerprint density at radius 1 is 1.14 bits per heavy atom. The van der Waals surface area contributed by atoms with E-state index in [1.54, 1.807) is 0 Å². The zero-order chi connectivity index (χ0) is 15.2. The summed E-state index contributed by atoms with van der Waals surface area (Å²) in [5.41, 5.74) is 1.23. The maximum absolute atomic E-state index is 6.04. The van der Waals surface area contributed by atoms with Crippen LogP contribution in [0.5, 0.6) is 5.88 Å². The van der Waals surface area contributed by atoms with Crippen molar-refractivity contribution >= 4 is 10.8 Å². The van der Waals surface area contributed by atoms with Crippen LogP contribution in [0.4, 0.5) is 0 Å². The molecule has 0 amide bonds. The van der Waals surface area contributed by atoms with Gasteiger partial charge in [-0.2, -0.15) is 0 Å². The van der Waals surface area contributed by atoms with Crippen LogP contribution < -0.4 is 10.1 Å². The van der Waals surface area contributed by atoms with Crippen LogP contribution in [0.2, 0.25) is 0 Å². The van der Waals surface area contributed by atoms with Crippen LogP contribution >= 0.6 is 0 Å². The SMILES string of the molecule is CCCNCc1cnc(OC(C)C(C)C)c2ccccc12. The largest absolute Gasteiger partial charge is 0.474 e. The molecule has 3 heteroatoms. The Hall–Kier alpha value is -1.61. The third-order valence-corrected chi connectivity index (χ3v) is 3.82. The van der Waals surface area contributed by atoms with Gasteiger partial charge in [0.2, 0.25) is 5.88 Å². The summed E-state index contributed by atoms with van der Waals surface area (Å²) in [6, 6.07) is 8.35. The van der Waals surface area contributed by atoms with E-state index < -0.39 is 0 Å². The fraction of sp³-hybridized carbons (Fsp3) is 0.500. The zero-order valence-electron chi connectivity index (χ0n) is 13.5. The number of nitrogens with one attached hydrogen (secondary N) is 1. The fourth-order valence-electron chi connectivity index (χ4n) is 2.17. The summed E-state index contributed by atoms with van der Waals surface area (Å²) in [5, 5.41) is 5.76. The molecule has 1 N–H and O–H groups in total. The Balaban J connectivity index is 2.30. The first-order chi connectivity index (χ1) is 10.1. The topological polar surface area (TPSA) is 34.2 Å². The average molecular weight is 286 g/mol. The van der Waals surface area contributed by atoms with E-state index in [0.717, 1.165) is 30.8 Å². The monoisotopic (exact) mass is 286 g/mol. The highest BCUT2D eigenvalue weighted by Gasteiger charge is 2.13. The minimum absolute atomic E-state index is 0.157. The average Bonchev–Trinajstić information content (AvgIpc) is 2.49. The van der Waals surface area contributed by atoms with Crippen molar-refractivity contribution in [3.8, 4) is 5.88 Å². The molecular weight excluding hydrogens is 260 g/mol. The molecule has 0 saturated heterocycles. The highest BCUT2D eigenvalue weighted by molar-refractivity contribution is 5.89. The molecule has 3 nitrogen and oxygen atoms in total. The van der Waals surface area contributed by atoms with E-state index in [2.05, 4.69) is 56.2 Å². The molecule has 0 aliphatic rings. The van der Waals surface area contributed by atoms with Crippen molar-refractivity contribution in [2.45, 2.75) is 46.8 Å². The van der Waals surface area contributed by atoms with E-state index >= 15 is 0 Å². The molecule has 1 atom stereocenters. The lowest BCUT2D eigenvalue weighted by Gasteiger charge is -2.19. The summed E-state index contributed by atoms with van der Waals surface area (Å²) in [4.78, 5) is 4.55. The Labute approximate surface area is 127 Å². The van der Waals surface area contributed by atoms with Gasteiger partial charge >= 0.3 is 0 Å².